The lowest BCUT2D eigenvalue weighted by atomic mass is 10.1. The number of aromatic nitrogens is 3. The number of ether oxygens (including phenoxy) is 1. The van der Waals surface area contributed by atoms with Gasteiger partial charge in [-0.05, 0) is 42.8 Å². The Labute approximate surface area is 268 Å². The van der Waals surface area contributed by atoms with Gasteiger partial charge >= 0.3 is 6.18 Å². The number of nitrogens with one attached hydrogen (secondary N) is 1. The van der Waals surface area contributed by atoms with E-state index in [0.29, 0.717) is 11.4 Å². The first-order chi connectivity index (χ1) is 22.1. The molecule has 0 saturated heterocycles. The molecule has 0 aliphatic carbocycles. The van der Waals surface area contributed by atoms with Gasteiger partial charge in [-0.1, -0.05) is 90.1 Å². The number of amides is 2. The van der Waals surface area contributed by atoms with E-state index in [2.05, 4.69) is 15.5 Å². The number of nitrogens with zero attached hydrogens (tertiary/aromatic N) is 4. The van der Waals surface area contributed by atoms with E-state index < -0.39 is 17.6 Å². The van der Waals surface area contributed by atoms with E-state index in [4.69, 9.17) is 4.74 Å². The van der Waals surface area contributed by atoms with Crippen LogP contribution < -0.4 is 10.1 Å². The molecule has 0 aliphatic rings. The third kappa shape index (κ3) is 7.94. The van der Waals surface area contributed by atoms with Gasteiger partial charge in [-0.15, -0.1) is 10.2 Å². The molecular weight excluding hydrogens is 615 g/mol. The van der Waals surface area contributed by atoms with E-state index >= 15 is 0 Å². The third-order valence-electron chi connectivity index (χ3n) is 6.95. The predicted molar refractivity (Wildman–Crippen MR) is 171 cm³/mol. The molecule has 0 unspecified atom stereocenters. The maximum atomic E-state index is 14.1. The fraction of sp³-hybridized carbons (Fsp3) is 0.176. The Morgan fingerprint density at radius 1 is 0.891 bits per heavy atom. The molecule has 1 aromatic heterocycles. The normalized spacial score (nSPS) is 11.2. The lowest BCUT2D eigenvalue weighted by Gasteiger charge is -2.18. The van der Waals surface area contributed by atoms with Crippen molar-refractivity contribution < 1.29 is 27.5 Å². The number of rotatable bonds is 11. The summed E-state index contributed by atoms with van der Waals surface area (Å²) in [6.07, 6.45) is -4.66. The molecule has 2 amide bonds. The molecule has 0 radical (unpaired) electrons. The van der Waals surface area contributed by atoms with Crippen LogP contribution >= 0.6 is 11.8 Å². The highest BCUT2D eigenvalue weighted by atomic mass is 32.2. The van der Waals surface area contributed by atoms with Gasteiger partial charge in [0.05, 0.1) is 23.5 Å². The van der Waals surface area contributed by atoms with Crippen LogP contribution in [0.2, 0.25) is 0 Å². The van der Waals surface area contributed by atoms with E-state index in [1.54, 1.807) is 24.3 Å². The molecule has 46 heavy (non-hydrogen) atoms. The monoisotopic (exact) mass is 645 g/mol. The topological polar surface area (TPSA) is 89.3 Å². The first-order valence-corrected chi connectivity index (χ1v) is 15.2. The third-order valence-corrected chi connectivity index (χ3v) is 7.86. The first-order valence-electron chi connectivity index (χ1n) is 14.2. The summed E-state index contributed by atoms with van der Waals surface area (Å²) in [6, 6.07) is 29.2. The molecular formula is C34H30F3N5O3S. The number of benzene rings is 4. The van der Waals surface area contributed by atoms with Crippen molar-refractivity contribution in [3.8, 4) is 22.6 Å². The maximum Gasteiger partial charge on any atom is 0.418 e. The van der Waals surface area contributed by atoms with Crippen LogP contribution in [0, 0.1) is 6.92 Å². The van der Waals surface area contributed by atoms with Gasteiger partial charge in [-0.2, -0.15) is 13.2 Å². The van der Waals surface area contributed by atoms with E-state index in [-0.39, 0.29) is 41.5 Å². The Bertz CT molecular complexity index is 1810. The van der Waals surface area contributed by atoms with E-state index in [1.807, 2.05) is 61.5 Å². The Kier molecular flexibility index (Phi) is 10.1. The van der Waals surface area contributed by atoms with E-state index in [9.17, 15) is 22.8 Å². The van der Waals surface area contributed by atoms with Crippen molar-refractivity contribution in [2.24, 2.45) is 0 Å². The largest absolute Gasteiger partial charge is 0.485 e. The highest BCUT2D eigenvalue weighted by molar-refractivity contribution is 7.99. The Balaban J connectivity index is 1.36. The number of hydrogen-bond donors (Lipinski definition) is 1. The van der Waals surface area contributed by atoms with Crippen molar-refractivity contribution in [3.63, 3.8) is 0 Å². The average molecular weight is 646 g/mol. The zero-order chi connectivity index (χ0) is 32.7. The van der Waals surface area contributed by atoms with Gasteiger partial charge in [0.15, 0.2) is 11.0 Å². The fourth-order valence-electron chi connectivity index (χ4n) is 4.61. The van der Waals surface area contributed by atoms with Gasteiger partial charge in [0, 0.05) is 18.3 Å². The maximum absolute atomic E-state index is 14.1. The number of hydrogen-bond acceptors (Lipinski definition) is 6. The second-order valence-corrected chi connectivity index (χ2v) is 11.3. The van der Waals surface area contributed by atoms with Crippen LogP contribution in [0.3, 0.4) is 0 Å². The van der Waals surface area contributed by atoms with Crippen molar-refractivity contribution in [3.05, 3.63) is 120 Å². The lowest BCUT2D eigenvalue weighted by Crippen LogP contribution is -2.36. The van der Waals surface area contributed by atoms with Crippen LogP contribution in [0.15, 0.2) is 108 Å². The van der Waals surface area contributed by atoms with Gasteiger partial charge in [0.2, 0.25) is 11.8 Å². The minimum atomic E-state index is -4.66. The summed E-state index contributed by atoms with van der Waals surface area (Å²) in [4.78, 5) is 26.7. The predicted octanol–water partition coefficient (Wildman–Crippen LogP) is 7.03. The van der Waals surface area contributed by atoms with Gasteiger partial charge in [-0.3, -0.25) is 14.2 Å². The van der Waals surface area contributed by atoms with Crippen LogP contribution in [0.5, 0.6) is 5.75 Å². The van der Waals surface area contributed by atoms with Crippen molar-refractivity contribution in [2.45, 2.75) is 24.9 Å². The number of anilines is 1. The quantitative estimate of drug-likeness (QED) is 0.155. The molecule has 1 N–H and O–H groups in total. The highest BCUT2D eigenvalue weighted by Gasteiger charge is 2.35. The number of likely N-dealkylation sites (N-methyl/N-ethyl adjacent to an activating group) is 1. The number of halogens is 3. The summed E-state index contributed by atoms with van der Waals surface area (Å²) in [5, 5.41) is 11.1. The van der Waals surface area contributed by atoms with Gasteiger partial charge in [-0.25, -0.2) is 0 Å². The Morgan fingerprint density at radius 2 is 1.57 bits per heavy atom. The number of carbonyl (C=O) groups excluding carboxylic acids is 2. The van der Waals surface area contributed by atoms with E-state index in [0.717, 1.165) is 34.5 Å². The molecule has 0 spiro atoms. The van der Waals surface area contributed by atoms with Crippen molar-refractivity contribution in [2.75, 3.05) is 24.7 Å². The lowest BCUT2D eigenvalue weighted by molar-refractivity contribution is -0.137. The van der Waals surface area contributed by atoms with Gasteiger partial charge in [0.25, 0.3) is 0 Å². The van der Waals surface area contributed by atoms with Crippen LogP contribution in [0.4, 0.5) is 18.9 Å². The summed E-state index contributed by atoms with van der Waals surface area (Å²) >= 11 is 0.916. The highest BCUT2D eigenvalue weighted by Crippen LogP contribution is 2.36. The summed E-state index contributed by atoms with van der Waals surface area (Å²) in [5.74, 6) is -0.375. The van der Waals surface area contributed by atoms with Crippen LogP contribution in [-0.4, -0.2) is 50.8 Å². The van der Waals surface area contributed by atoms with Crippen molar-refractivity contribution in [1.29, 1.82) is 0 Å². The molecule has 236 valence electrons. The fourth-order valence-corrected chi connectivity index (χ4v) is 5.51. The zero-order valence-corrected chi connectivity index (χ0v) is 25.8. The summed E-state index contributed by atoms with van der Waals surface area (Å²) in [7, 11) is 1.48. The number of thioether (sulfide) groups is 1. The number of carbonyl (C=O) groups is 2. The smallest absolute Gasteiger partial charge is 0.418 e. The minimum absolute atomic E-state index is 0.0671. The Hall–Kier alpha value is -5.10. The minimum Gasteiger partial charge on any atom is -0.485 e. The molecule has 5 rings (SSSR count). The molecule has 4 aromatic carbocycles. The second-order valence-electron chi connectivity index (χ2n) is 10.4. The molecule has 0 atom stereocenters. The molecule has 0 bridgehead atoms. The molecule has 0 aliphatic heterocycles. The van der Waals surface area contributed by atoms with Crippen molar-refractivity contribution in [1.82, 2.24) is 19.7 Å². The molecule has 8 nitrogen and oxygen atoms in total. The number of aryl methyl sites for hydroxylation is 1. The summed E-state index contributed by atoms with van der Waals surface area (Å²) < 4.78 is 49.7. The van der Waals surface area contributed by atoms with Crippen molar-refractivity contribution >= 4 is 29.3 Å². The Morgan fingerprint density at radius 3 is 2.30 bits per heavy atom. The van der Waals surface area contributed by atoms with Crippen LogP contribution in [0.1, 0.15) is 17.0 Å². The molecule has 0 fully saturated rings. The van der Waals surface area contributed by atoms with Crippen LogP contribution in [-0.2, 0) is 22.4 Å². The zero-order valence-electron chi connectivity index (χ0n) is 25.0. The molecule has 5 aromatic rings. The molecule has 0 saturated carbocycles. The second kappa shape index (κ2) is 14.3. The standard InChI is InChI=1S/C34H30F3N5O3S/c1-23-16-18-25(19-17-23)38-31(43)20-41(2)32(44)22-46-33-40-39-30(42(33)28-14-8-7-13-27(28)34(35,36)37)21-45-29-15-9-6-12-26(29)24-10-4-3-5-11-24/h3-19H,20-22H2,1-2H3,(H,38,43). The van der Waals surface area contributed by atoms with E-state index in [1.165, 1.54) is 34.7 Å². The SMILES string of the molecule is Cc1ccc(NC(=O)CN(C)C(=O)CSc2nnc(COc3ccccc3-c3ccccc3)n2-c2ccccc2C(F)(F)F)cc1. The van der Waals surface area contributed by atoms with Gasteiger partial charge < -0.3 is 15.0 Å². The first kappa shape index (κ1) is 32.3. The van der Waals surface area contributed by atoms with Crippen LogP contribution in [0.25, 0.3) is 16.8 Å². The number of alkyl halides is 3. The molecule has 1 heterocycles. The van der Waals surface area contributed by atoms with Gasteiger partial charge in [0.1, 0.15) is 12.4 Å². The summed E-state index contributed by atoms with van der Waals surface area (Å²) in [5.41, 5.74) is 2.27. The number of para-hydroxylation sites is 2. The molecule has 12 heteroatoms. The summed E-state index contributed by atoms with van der Waals surface area (Å²) in [6.45, 7) is 1.52. The average Bonchev–Trinajstić information content (AvgIpc) is 3.46.